The molecule has 0 aliphatic carbocycles. The zero-order chi connectivity index (χ0) is 45.6. The van der Waals surface area contributed by atoms with Crippen molar-refractivity contribution in [2.75, 3.05) is 21.3 Å². The van der Waals surface area contributed by atoms with Crippen LogP contribution in [-0.2, 0) is 5.54 Å². The van der Waals surface area contributed by atoms with E-state index in [4.69, 9.17) is 19.9 Å². The van der Waals surface area contributed by atoms with Crippen molar-refractivity contribution in [3.05, 3.63) is 150 Å². The van der Waals surface area contributed by atoms with Gasteiger partial charge in [-0.1, -0.05) is 86.0 Å². The Morgan fingerprint density at radius 2 is 1.11 bits per heavy atom. The molecule has 13 nitrogen and oxygen atoms in total. The molecule has 0 unspecified atom stereocenters. The normalized spacial score (nSPS) is 18.1. The van der Waals surface area contributed by atoms with Crippen molar-refractivity contribution in [3.8, 4) is 22.3 Å². The van der Waals surface area contributed by atoms with Crippen molar-refractivity contribution in [2.24, 2.45) is 0 Å². The minimum Gasteiger partial charge on any atom is -0.509 e. The molecule has 0 bridgehead atoms. The monoisotopic (exact) mass is 846 g/mol. The van der Waals surface area contributed by atoms with Gasteiger partial charge in [-0.05, 0) is 114 Å². The number of aromatic nitrogens is 5. The average Bonchev–Trinajstić information content (AvgIpc) is 3.74. The van der Waals surface area contributed by atoms with Crippen LogP contribution < -0.4 is 14.7 Å². The molecule has 63 heavy (non-hydrogen) atoms. The van der Waals surface area contributed by atoms with Crippen LogP contribution in [0.1, 0.15) is 66.8 Å². The topological polar surface area (TPSA) is 167 Å². The number of imidazole rings is 1. The second-order valence-electron chi connectivity index (χ2n) is 18.2. The van der Waals surface area contributed by atoms with Crippen molar-refractivity contribution in [3.63, 3.8) is 0 Å². The molecule has 13 heteroatoms. The standard InChI is InChI=1S/C50H54N8O5/c1-29-26-34(32-18-14-12-15-19-32)22-24-37(29)55-31(3)56(48(6,7)47(55,4)5)44-52-43(40(39(61)28-59)42(63)41(62)30(2)60)53-45(54-44)58-46-51-36-27-35(33-20-16-13-17-21-33)23-25-38(36)57(46)49(8,9)50(58,10)11/h12-27,59-63H,2-3,28H2,1,4-11H3/b40-39-,42-41-. The van der Waals surface area contributed by atoms with E-state index in [0.29, 0.717) is 11.8 Å². The molecule has 0 radical (unpaired) electrons. The smallest absolute Gasteiger partial charge is 0.238 e. The minimum atomic E-state index is -1.04. The average molecular weight is 847 g/mol. The van der Waals surface area contributed by atoms with Gasteiger partial charge in [-0.15, -0.1) is 0 Å². The molecular weight excluding hydrogens is 793 g/mol. The first kappa shape index (κ1) is 42.6. The van der Waals surface area contributed by atoms with E-state index >= 15 is 0 Å². The Balaban J connectivity index is 1.36. The van der Waals surface area contributed by atoms with Crippen LogP contribution in [0.3, 0.4) is 0 Å². The van der Waals surface area contributed by atoms with E-state index in [9.17, 15) is 25.5 Å². The number of hydrogen-bond acceptors (Lipinski definition) is 12. The van der Waals surface area contributed by atoms with Crippen molar-refractivity contribution in [2.45, 2.75) is 84.5 Å². The summed E-state index contributed by atoms with van der Waals surface area (Å²) in [7, 11) is 0. The molecule has 2 aliphatic rings. The van der Waals surface area contributed by atoms with E-state index in [1.807, 2.05) is 46.2 Å². The van der Waals surface area contributed by atoms with Crippen molar-refractivity contribution in [1.29, 1.82) is 0 Å². The highest BCUT2D eigenvalue weighted by atomic mass is 16.3. The number of anilines is 4. The Morgan fingerprint density at radius 1 is 0.587 bits per heavy atom. The number of aryl methyl sites for hydroxylation is 1. The number of nitrogens with zero attached hydrogens (tertiary/aromatic N) is 8. The lowest BCUT2D eigenvalue weighted by atomic mass is 9.82. The molecule has 5 N–H and O–H groups in total. The molecule has 4 heterocycles. The molecule has 6 aromatic rings. The van der Waals surface area contributed by atoms with Gasteiger partial charge >= 0.3 is 0 Å². The quantitative estimate of drug-likeness (QED) is 0.0691. The van der Waals surface area contributed by atoms with Crippen LogP contribution in [0.25, 0.3) is 38.9 Å². The van der Waals surface area contributed by atoms with E-state index in [2.05, 4.69) is 146 Å². The summed E-state index contributed by atoms with van der Waals surface area (Å²) in [5, 5.41) is 54.0. The fourth-order valence-electron chi connectivity index (χ4n) is 8.90. The van der Waals surface area contributed by atoms with Gasteiger partial charge in [-0.2, -0.15) is 15.0 Å². The van der Waals surface area contributed by atoms with Crippen molar-refractivity contribution < 1.29 is 25.5 Å². The lowest BCUT2D eigenvalue weighted by Crippen LogP contribution is -2.55. The fraction of sp³-hybridized carbons (Fsp3) is 0.280. The Kier molecular flexibility index (Phi) is 9.98. The zero-order valence-corrected chi connectivity index (χ0v) is 37.2. The van der Waals surface area contributed by atoms with Gasteiger partial charge in [-0.25, -0.2) is 4.98 Å². The summed E-state index contributed by atoms with van der Waals surface area (Å²) < 4.78 is 2.16. The van der Waals surface area contributed by atoms with E-state index < -0.39 is 57.4 Å². The van der Waals surface area contributed by atoms with Crippen LogP contribution >= 0.6 is 0 Å². The minimum absolute atomic E-state index is 0.0898. The summed E-state index contributed by atoms with van der Waals surface area (Å²) >= 11 is 0. The fourth-order valence-corrected chi connectivity index (χ4v) is 8.90. The summed E-state index contributed by atoms with van der Waals surface area (Å²) in [6.07, 6.45) is 0. The third-order valence-electron chi connectivity index (χ3n) is 13.6. The number of aliphatic hydroxyl groups is 5. The molecule has 0 amide bonds. The molecule has 0 spiro atoms. The van der Waals surface area contributed by atoms with Crippen LogP contribution in [0.5, 0.6) is 0 Å². The maximum Gasteiger partial charge on any atom is 0.238 e. The number of rotatable bonds is 9. The van der Waals surface area contributed by atoms with Crippen LogP contribution in [0.2, 0.25) is 0 Å². The summed E-state index contributed by atoms with van der Waals surface area (Å²) in [5.41, 5.74) is 4.40. The molecule has 0 atom stereocenters. The van der Waals surface area contributed by atoms with E-state index in [-0.39, 0.29) is 17.7 Å². The van der Waals surface area contributed by atoms with Gasteiger partial charge in [0.15, 0.2) is 17.3 Å². The number of benzene rings is 4. The first-order valence-corrected chi connectivity index (χ1v) is 20.8. The van der Waals surface area contributed by atoms with Gasteiger partial charge in [0.25, 0.3) is 0 Å². The third-order valence-corrected chi connectivity index (χ3v) is 13.6. The van der Waals surface area contributed by atoms with Crippen LogP contribution in [0.4, 0.5) is 23.5 Å². The molecule has 8 rings (SSSR count). The third kappa shape index (κ3) is 6.40. The Morgan fingerprint density at radius 3 is 1.67 bits per heavy atom. The van der Waals surface area contributed by atoms with E-state index in [1.165, 1.54) is 0 Å². The molecule has 1 saturated heterocycles. The van der Waals surface area contributed by atoms with Gasteiger partial charge < -0.3 is 35.0 Å². The highest BCUT2D eigenvalue weighted by Gasteiger charge is 2.58. The predicted octanol–water partition coefficient (Wildman–Crippen LogP) is 10.5. The van der Waals surface area contributed by atoms with Gasteiger partial charge in [0.05, 0.1) is 33.2 Å². The van der Waals surface area contributed by atoms with Crippen LogP contribution in [-0.4, -0.2) is 73.3 Å². The maximum absolute atomic E-state index is 11.4. The van der Waals surface area contributed by atoms with E-state index in [0.717, 1.165) is 44.5 Å². The highest BCUT2D eigenvalue weighted by Crippen LogP contribution is 2.53. The molecular formula is C50H54N8O5. The second kappa shape index (κ2) is 14.8. The molecule has 2 aromatic heterocycles. The van der Waals surface area contributed by atoms with Gasteiger partial charge in [-0.3, -0.25) is 9.80 Å². The lowest BCUT2D eigenvalue weighted by molar-refractivity contribution is 0.250. The largest absolute Gasteiger partial charge is 0.509 e. The first-order chi connectivity index (χ1) is 29.6. The summed E-state index contributed by atoms with van der Waals surface area (Å²) in [4.78, 5) is 26.2. The number of aliphatic hydroxyl groups excluding tert-OH is 5. The zero-order valence-electron chi connectivity index (χ0n) is 37.2. The lowest BCUT2D eigenvalue weighted by Gasteiger charge is -2.42. The van der Waals surface area contributed by atoms with Crippen molar-refractivity contribution >= 4 is 40.1 Å². The van der Waals surface area contributed by atoms with Gasteiger partial charge in [0.1, 0.15) is 23.8 Å². The van der Waals surface area contributed by atoms with Gasteiger partial charge in [0, 0.05) is 5.69 Å². The van der Waals surface area contributed by atoms with Crippen molar-refractivity contribution in [1.82, 2.24) is 24.5 Å². The van der Waals surface area contributed by atoms with E-state index in [1.54, 1.807) is 0 Å². The number of allylic oxidation sites excluding steroid dienone is 1. The predicted molar refractivity (Wildman–Crippen MR) is 250 cm³/mol. The summed E-state index contributed by atoms with van der Waals surface area (Å²) in [6, 6.07) is 32.8. The number of hydrogen-bond donors (Lipinski definition) is 5. The number of fused-ring (bicyclic) bond motifs is 3. The van der Waals surface area contributed by atoms with Gasteiger partial charge in [0.2, 0.25) is 23.6 Å². The van der Waals surface area contributed by atoms with Crippen LogP contribution in [0, 0.1) is 6.92 Å². The highest BCUT2D eigenvalue weighted by molar-refractivity contribution is 5.87. The Hall–Kier alpha value is -7.12. The Labute approximate surface area is 367 Å². The molecule has 2 aliphatic heterocycles. The van der Waals surface area contributed by atoms with Crippen LogP contribution in [0.15, 0.2) is 139 Å². The Bertz CT molecular complexity index is 2890. The molecule has 1 fully saturated rings. The summed E-state index contributed by atoms with van der Waals surface area (Å²) in [5.74, 6) is -2.77. The molecule has 324 valence electrons. The maximum atomic E-state index is 11.4. The molecule has 4 aromatic carbocycles. The SMILES string of the molecule is C=C(O)/C(O)=C(O)\C(=C(\O)CO)c1nc(N2C(=C)N(c3ccc(-c4ccccc4)cc3C)C(C)(C)C2(C)C)nc(N2c3nc4cc(-c5ccccc5)ccc4n3C(C)(C)C2(C)C)n1. The first-order valence-electron chi connectivity index (χ1n) is 20.8. The second-order valence-corrected chi connectivity index (χ2v) is 18.2. The molecule has 0 saturated carbocycles. The summed E-state index contributed by atoms with van der Waals surface area (Å²) in [6.45, 7) is 25.8.